The molecule has 88 valence electrons. The lowest BCUT2D eigenvalue weighted by atomic mass is 9.94. The summed E-state index contributed by atoms with van der Waals surface area (Å²) in [6.45, 7) is 9.10. The second-order valence-electron chi connectivity index (χ2n) is 5.03. The van der Waals surface area contributed by atoms with Gasteiger partial charge in [-0.05, 0) is 45.2 Å². The van der Waals surface area contributed by atoms with Gasteiger partial charge in [-0.25, -0.2) is 0 Å². The fraction of sp³-hybridized carbons (Fsp3) is 1.00. The quantitative estimate of drug-likeness (QED) is 0.766. The Kier molecular flexibility index (Phi) is 4.00. The van der Waals surface area contributed by atoms with E-state index in [0.29, 0.717) is 12.3 Å². The number of hydrogen-bond acceptors (Lipinski definition) is 3. The van der Waals surface area contributed by atoms with E-state index in [0.717, 1.165) is 12.5 Å². The van der Waals surface area contributed by atoms with E-state index in [1.807, 2.05) is 0 Å². The zero-order valence-electron chi connectivity index (χ0n) is 10.0. The Morgan fingerprint density at radius 3 is 3.00 bits per heavy atom. The highest BCUT2D eigenvalue weighted by Crippen LogP contribution is 2.22. The van der Waals surface area contributed by atoms with Gasteiger partial charge < -0.3 is 9.64 Å². The van der Waals surface area contributed by atoms with Gasteiger partial charge in [0, 0.05) is 12.6 Å². The van der Waals surface area contributed by atoms with Gasteiger partial charge in [0.05, 0.1) is 6.61 Å². The van der Waals surface area contributed by atoms with Crippen molar-refractivity contribution >= 4 is 0 Å². The molecule has 3 heteroatoms. The van der Waals surface area contributed by atoms with Crippen LogP contribution in [-0.2, 0) is 4.74 Å². The van der Waals surface area contributed by atoms with E-state index in [1.165, 1.54) is 38.9 Å². The average Bonchev–Trinajstić information content (AvgIpc) is 2.64. The molecule has 0 saturated carbocycles. The first-order valence-electron chi connectivity index (χ1n) is 6.38. The molecule has 1 N–H and O–H groups in total. The lowest BCUT2D eigenvalue weighted by Gasteiger charge is -2.32. The van der Waals surface area contributed by atoms with Crippen molar-refractivity contribution < 1.29 is 4.74 Å². The fourth-order valence-electron chi connectivity index (χ4n) is 2.74. The number of hydrogen-bond donors (Lipinski definition) is 1. The van der Waals surface area contributed by atoms with Crippen LogP contribution in [0.2, 0.25) is 0 Å². The lowest BCUT2D eigenvalue weighted by molar-refractivity contribution is 0.0610. The number of nitrogens with zero attached hydrogens (tertiary/aromatic N) is 1. The SMILES string of the molecule is CCN1CCCC(CC2NC(C)CO2)C1. The third kappa shape index (κ3) is 3.16. The molecule has 0 aliphatic carbocycles. The van der Waals surface area contributed by atoms with Crippen molar-refractivity contribution in [1.82, 2.24) is 10.2 Å². The van der Waals surface area contributed by atoms with Gasteiger partial charge in [-0.1, -0.05) is 6.92 Å². The summed E-state index contributed by atoms with van der Waals surface area (Å²) in [4.78, 5) is 2.56. The number of rotatable bonds is 3. The zero-order valence-corrected chi connectivity index (χ0v) is 10.0. The Morgan fingerprint density at radius 1 is 1.47 bits per heavy atom. The van der Waals surface area contributed by atoms with Crippen LogP contribution >= 0.6 is 0 Å². The molecule has 2 aliphatic heterocycles. The van der Waals surface area contributed by atoms with E-state index in [9.17, 15) is 0 Å². The van der Waals surface area contributed by atoms with Crippen molar-refractivity contribution in [2.45, 2.75) is 45.4 Å². The summed E-state index contributed by atoms with van der Waals surface area (Å²) in [7, 11) is 0. The number of likely N-dealkylation sites (tertiary alicyclic amines) is 1. The Labute approximate surface area is 93.2 Å². The summed E-state index contributed by atoms with van der Waals surface area (Å²) in [5.41, 5.74) is 0. The number of nitrogens with one attached hydrogen (secondary N) is 1. The van der Waals surface area contributed by atoms with E-state index < -0.39 is 0 Å². The zero-order chi connectivity index (χ0) is 10.7. The highest BCUT2D eigenvalue weighted by atomic mass is 16.5. The molecule has 3 unspecified atom stereocenters. The molecular weight excluding hydrogens is 188 g/mol. The molecule has 0 aromatic rings. The molecular formula is C12H24N2O. The van der Waals surface area contributed by atoms with Crippen molar-refractivity contribution in [1.29, 1.82) is 0 Å². The molecule has 0 spiro atoms. The average molecular weight is 212 g/mol. The Bertz CT molecular complexity index is 198. The summed E-state index contributed by atoms with van der Waals surface area (Å²) in [5.74, 6) is 0.835. The molecule has 0 bridgehead atoms. The molecule has 2 saturated heterocycles. The van der Waals surface area contributed by atoms with Crippen LogP contribution in [-0.4, -0.2) is 43.4 Å². The summed E-state index contributed by atoms with van der Waals surface area (Å²) in [6.07, 6.45) is 4.26. The fourth-order valence-corrected chi connectivity index (χ4v) is 2.74. The van der Waals surface area contributed by atoms with Crippen molar-refractivity contribution in [2.75, 3.05) is 26.2 Å². The Morgan fingerprint density at radius 2 is 2.33 bits per heavy atom. The number of piperidine rings is 1. The summed E-state index contributed by atoms with van der Waals surface area (Å²) >= 11 is 0. The third-order valence-corrected chi connectivity index (χ3v) is 3.62. The minimum atomic E-state index is 0.321. The maximum Gasteiger partial charge on any atom is 0.108 e. The highest BCUT2D eigenvalue weighted by molar-refractivity contribution is 4.78. The monoisotopic (exact) mass is 212 g/mol. The summed E-state index contributed by atoms with van der Waals surface area (Å²) in [6, 6.07) is 0.542. The number of ether oxygens (including phenoxy) is 1. The minimum Gasteiger partial charge on any atom is -0.362 e. The van der Waals surface area contributed by atoms with Crippen LogP contribution in [0.5, 0.6) is 0 Å². The van der Waals surface area contributed by atoms with Crippen LogP contribution in [0.15, 0.2) is 0 Å². The van der Waals surface area contributed by atoms with Crippen molar-refractivity contribution in [3.63, 3.8) is 0 Å². The smallest absolute Gasteiger partial charge is 0.108 e. The second-order valence-corrected chi connectivity index (χ2v) is 5.03. The van der Waals surface area contributed by atoms with Crippen LogP contribution in [0.25, 0.3) is 0 Å². The van der Waals surface area contributed by atoms with E-state index in [1.54, 1.807) is 0 Å². The molecule has 0 amide bonds. The summed E-state index contributed by atoms with van der Waals surface area (Å²) in [5, 5.41) is 3.49. The molecule has 2 heterocycles. The van der Waals surface area contributed by atoms with E-state index >= 15 is 0 Å². The van der Waals surface area contributed by atoms with Crippen molar-refractivity contribution in [3.05, 3.63) is 0 Å². The van der Waals surface area contributed by atoms with Gasteiger partial charge >= 0.3 is 0 Å². The van der Waals surface area contributed by atoms with E-state index in [-0.39, 0.29) is 0 Å². The first-order chi connectivity index (χ1) is 7.28. The van der Waals surface area contributed by atoms with Gasteiger partial charge in [-0.3, -0.25) is 5.32 Å². The molecule has 2 aliphatic rings. The topological polar surface area (TPSA) is 24.5 Å². The Hall–Kier alpha value is -0.120. The third-order valence-electron chi connectivity index (χ3n) is 3.62. The van der Waals surface area contributed by atoms with Crippen LogP contribution < -0.4 is 5.32 Å². The molecule has 3 nitrogen and oxygen atoms in total. The van der Waals surface area contributed by atoms with E-state index in [2.05, 4.69) is 24.1 Å². The Balaban J connectivity index is 1.74. The lowest BCUT2D eigenvalue weighted by Crippen LogP contribution is -2.38. The molecule has 0 aromatic heterocycles. The minimum absolute atomic E-state index is 0.321. The molecule has 0 radical (unpaired) electrons. The molecule has 15 heavy (non-hydrogen) atoms. The van der Waals surface area contributed by atoms with Crippen LogP contribution in [0.3, 0.4) is 0 Å². The van der Waals surface area contributed by atoms with E-state index in [4.69, 9.17) is 4.74 Å². The maximum atomic E-state index is 5.71. The largest absolute Gasteiger partial charge is 0.362 e. The predicted octanol–water partition coefficient (Wildman–Crippen LogP) is 1.44. The van der Waals surface area contributed by atoms with Gasteiger partial charge in [0.2, 0.25) is 0 Å². The molecule has 2 fully saturated rings. The molecule has 0 aromatic carbocycles. The van der Waals surface area contributed by atoms with Gasteiger partial charge in [-0.15, -0.1) is 0 Å². The molecule has 2 rings (SSSR count). The first kappa shape index (κ1) is 11.4. The first-order valence-corrected chi connectivity index (χ1v) is 6.38. The van der Waals surface area contributed by atoms with Gasteiger partial charge in [0.15, 0.2) is 0 Å². The van der Waals surface area contributed by atoms with Gasteiger partial charge in [-0.2, -0.15) is 0 Å². The van der Waals surface area contributed by atoms with Gasteiger partial charge in [0.1, 0.15) is 6.23 Å². The maximum absolute atomic E-state index is 5.71. The standard InChI is InChI=1S/C12H24N2O/c1-3-14-6-4-5-11(8-14)7-12-13-10(2)9-15-12/h10-13H,3-9H2,1-2H3. The predicted molar refractivity (Wildman–Crippen MR) is 61.8 cm³/mol. The normalized spacial score (nSPS) is 38.4. The van der Waals surface area contributed by atoms with Crippen molar-refractivity contribution in [2.24, 2.45) is 5.92 Å². The van der Waals surface area contributed by atoms with Gasteiger partial charge in [0.25, 0.3) is 0 Å². The summed E-state index contributed by atoms with van der Waals surface area (Å²) < 4.78 is 5.71. The second kappa shape index (κ2) is 5.28. The molecule has 3 atom stereocenters. The highest BCUT2D eigenvalue weighted by Gasteiger charge is 2.26. The van der Waals surface area contributed by atoms with Crippen LogP contribution in [0.4, 0.5) is 0 Å². The van der Waals surface area contributed by atoms with Crippen molar-refractivity contribution in [3.8, 4) is 0 Å². The van der Waals surface area contributed by atoms with Crippen LogP contribution in [0.1, 0.15) is 33.1 Å². The van der Waals surface area contributed by atoms with Crippen LogP contribution in [0, 0.1) is 5.92 Å².